The highest BCUT2D eigenvalue weighted by Gasteiger charge is 2.26. The van der Waals surface area contributed by atoms with Gasteiger partial charge < -0.3 is 15.5 Å². The number of hydrogen-bond donors (Lipinski definition) is 2. The summed E-state index contributed by atoms with van der Waals surface area (Å²) in [7, 11) is 1.82. The lowest BCUT2D eigenvalue weighted by atomic mass is 10.0. The molecule has 2 N–H and O–H groups in total. The van der Waals surface area contributed by atoms with Gasteiger partial charge in [0, 0.05) is 43.3 Å². The first-order valence-corrected chi connectivity index (χ1v) is 7.00. The van der Waals surface area contributed by atoms with Crippen LogP contribution in [0.15, 0.2) is 18.2 Å². The number of hydrogen-bond acceptors (Lipinski definition) is 3. The SMILES string of the molecule is CNC(C)c1c(F)cccc1N1CCC(NC(C)=O)C1. The van der Waals surface area contributed by atoms with Gasteiger partial charge in [-0.15, -0.1) is 0 Å². The molecular weight excluding hydrogens is 257 g/mol. The van der Waals surface area contributed by atoms with Crippen LogP contribution in [0, 0.1) is 5.82 Å². The lowest BCUT2D eigenvalue weighted by Gasteiger charge is -2.25. The van der Waals surface area contributed by atoms with Crippen LogP contribution in [-0.2, 0) is 4.79 Å². The molecule has 1 saturated heterocycles. The summed E-state index contributed by atoms with van der Waals surface area (Å²) < 4.78 is 14.1. The van der Waals surface area contributed by atoms with Crippen LogP contribution < -0.4 is 15.5 Å². The minimum absolute atomic E-state index is 0.0140. The smallest absolute Gasteiger partial charge is 0.217 e. The summed E-state index contributed by atoms with van der Waals surface area (Å²) in [5.41, 5.74) is 1.61. The Morgan fingerprint density at radius 1 is 1.50 bits per heavy atom. The van der Waals surface area contributed by atoms with Crippen LogP contribution in [0.2, 0.25) is 0 Å². The van der Waals surface area contributed by atoms with Gasteiger partial charge in [-0.25, -0.2) is 4.39 Å². The van der Waals surface area contributed by atoms with Gasteiger partial charge in [-0.3, -0.25) is 4.79 Å². The van der Waals surface area contributed by atoms with Gasteiger partial charge >= 0.3 is 0 Å². The average Bonchev–Trinajstić information content (AvgIpc) is 2.85. The second-order valence-corrected chi connectivity index (χ2v) is 5.32. The molecule has 0 radical (unpaired) electrons. The molecule has 2 atom stereocenters. The predicted octanol–water partition coefficient (Wildman–Crippen LogP) is 1.82. The molecule has 1 aromatic rings. The van der Waals surface area contributed by atoms with Gasteiger partial charge in [0.15, 0.2) is 0 Å². The lowest BCUT2D eigenvalue weighted by molar-refractivity contribution is -0.119. The van der Waals surface area contributed by atoms with Crippen molar-refractivity contribution in [3.63, 3.8) is 0 Å². The van der Waals surface area contributed by atoms with Gasteiger partial charge in [-0.1, -0.05) is 6.07 Å². The molecule has 1 fully saturated rings. The van der Waals surface area contributed by atoms with E-state index in [1.165, 1.54) is 13.0 Å². The first-order chi connectivity index (χ1) is 9.52. The Morgan fingerprint density at radius 2 is 2.25 bits per heavy atom. The number of nitrogens with zero attached hydrogens (tertiary/aromatic N) is 1. The second kappa shape index (κ2) is 6.22. The van der Waals surface area contributed by atoms with E-state index in [-0.39, 0.29) is 23.8 Å². The topological polar surface area (TPSA) is 44.4 Å². The minimum Gasteiger partial charge on any atom is -0.369 e. The summed E-state index contributed by atoms with van der Waals surface area (Å²) in [5, 5.41) is 6.02. The summed E-state index contributed by atoms with van der Waals surface area (Å²) >= 11 is 0. The van der Waals surface area contributed by atoms with Crippen molar-refractivity contribution < 1.29 is 9.18 Å². The average molecular weight is 279 g/mol. The van der Waals surface area contributed by atoms with Gasteiger partial charge in [0.25, 0.3) is 0 Å². The fourth-order valence-electron chi connectivity index (χ4n) is 2.76. The summed E-state index contributed by atoms with van der Waals surface area (Å²) in [6.07, 6.45) is 0.892. The van der Waals surface area contributed by atoms with Crippen LogP contribution >= 0.6 is 0 Å². The van der Waals surface area contributed by atoms with Crippen LogP contribution in [0.4, 0.5) is 10.1 Å². The van der Waals surface area contributed by atoms with Crippen LogP contribution in [0.5, 0.6) is 0 Å². The Morgan fingerprint density at radius 3 is 2.90 bits per heavy atom. The maximum absolute atomic E-state index is 14.1. The molecular formula is C15H22FN3O. The van der Waals surface area contributed by atoms with Crippen molar-refractivity contribution in [1.82, 2.24) is 10.6 Å². The summed E-state index contributed by atoms with van der Waals surface area (Å²) in [4.78, 5) is 13.3. The van der Waals surface area contributed by atoms with E-state index in [2.05, 4.69) is 15.5 Å². The molecule has 20 heavy (non-hydrogen) atoms. The number of amides is 1. The monoisotopic (exact) mass is 279 g/mol. The largest absolute Gasteiger partial charge is 0.369 e. The molecule has 1 aromatic carbocycles. The Labute approximate surface area is 119 Å². The van der Waals surface area contributed by atoms with Crippen molar-refractivity contribution in [3.8, 4) is 0 Å². The predicted molar refractivity (Wildman–Crippen MR) is 78.3 cm³/mol. The van der Waals surface area contributed by atoms with Crippen LogP contribution in [-0.4, -0.2) is 32.1 Å². The fourth-order valence-corrected chi connectivity index (χ4v) is 2.76. The van der Waals surface area contributed by atoms with E-state index >= 15 is 0 Å². The summed E-state index contributed by atoms with van der Waals surface area (Å²) in [6.45, 7) is 5.03. The first-order valence-electron chi connectivity index (χ1n) is 7.00. The summed E-state index contributed by atoms with van der Waals surface area (Å²) in [6, 6.07) is 5.28. The van der Waals surface area contributed by atoms with Gasteiger partial charge in [0.05, 0.1) is 0 Å². The highest BCUT2D eigenvalue weighted by Crippen LogP contribution is 2.31. The third-order valence-corrected chi connectivity index (χ3v) is 3.83. The van der Waals surface area contributed by atoms with Gasteiger partial charge in [0.2, 0.25) is 5.91 Å². The standard InChI is InChI=1S/C15H22FN3O/c1-10(17-3)15-13(16)5-4-6-14(15)19-8-7-12(9-19)18-11(2)20/h4-6,10,12,17H,7-9H2,1-3H3,(H,18,20). The summed E-state index contributed by atoms with van der Waals surface area (Å²) in [5.74, 6) is -0.202. The third kappa shape index (κ3) is 3.10. The van der Waals surface area contributed by atoms with Gasteiger partial charge in [-0.05, 0) is 32.5 Å². The number of carbonyl (C=O) groups is 1. The van der Waals surface area contributed by atoms with E-state index in [0.717, 1.165) is 25.2 Å². The molecule has 1 aliphatic rings. The van der Waals surface area contributed by atoms with Gasteiger partial charge in [-0.2, -0.15) is 0 Å². The highest BCUT2D eigenvalue weighted by atomic mass is 19.1. The Balaban J connectivity index is 2.21. The van der Waals surface area contributed by atoms with Crippen LogP contribution in [0.3, 0.4) is 0 Å². The molecule has 4 nitrogen and oxygen atoms in total. The highest BCUT2D eigenvalue weighted by molar-refractivity contribution is 5.73. The first kappa shape index (κ1) is 14.8. The zero-order valence-corrected chi connectivity index (χ0v) is 12.2. The second-order valence-electron chi connectivity index (χ2n) is 5.32. The minimum atomic E-state index is -0.188. The fraction of sp³-hybridized carbons (Fsp3) is 0.533. The van der Waals surface area contributed by atoms with E-state index in [1.807, 2.05) is 20.0 Å². The normalized spacial score (nSPS) is 20.0. The van der Waals surface area contributed by atoms with Crippen molar-refractivity contribution in [3.05, 3.63) is 29.6 Å². The Hall–Kier alpha value is -1.62. The molecule has 5 heteroatoms. The quantitative estimate of drug-likeness (QED) is 0.883. The molecule has 0 saturated carbocycles. The maximum atomic E-state index is 14.1. The lowest BCUT2D eigenvalue weighted by Crippen LogP contribution is -2.36. The van der Waals surface area contributed by atoms with Crippen molar-refractivity contribution in [2.75, 3.05) is 25.0 Å². The zero-order chi connectivity index (χ0) is 14.7. The molecule has 0 bridgehead atoms. The molecule has 110 valence electrons. The molecule has 0 aromatic heterocycles. The van der Waals surface area contributed by atoms with Crippen LogP contribution in [0.1, 0.15) is 31.9 Å². The molecule has 1 aliphatic heterocycles. The van der Waals surface area contributed by atoms with E-state index < -0.39 is 0 Å². The van der Waals surface area contributed by atoms with Crippen molar-refractivity contribution in [2.45, 2.75) is 32.4 Å². The molecule has 0 aliphatic carbocycles. The zero-order valence-electron chi connectivity index (χ0n) is 12.2. The van der Waals surface area contributed by atoms with Crippen molar-refractivity contribution in [1.29, 1.82) is 0 Å². The Bertz CT molecular complexity index is 492. The van der Waals surface area contributed by atoms with E-state index in [9.17, 15) is 9.18 Å². The number of halogens is 1. The van der Waals surface area contributed by atoms with Crippen molar-refractivity contribution >= 4 is 11.6 Å². The molecule has 2 unspecified atom stereocenters. The van der Waals surface area contributed by atoms with E-state index in [1.54, 1.807) is 6.07 Å². The third-order valence-electron chi connectivity index (χ3n) is 3.83. The number of rotatable bonds is 4. The molecule has 1 amide bonds. The molecule has 0 spiro atoms. The maximum Gasteiger partial charge on any atom is 0.217 e. The Kier molecular flexibility index (Phi) is 4.60. The van der Waals surface area contributed by atoms with Crippen LogP contribution in [0.25, 0.3) is 0 Å². The molecule has 2 rings (SSSR count). The van der Waals surface area contributed by atoms with Crippen molar-refractivity contribution in [2.24, 2.45) is 0 Å². The number of carbonyl (C=O) groups excluding carboxylic acids is 1. The number of nitrogens with one attached hydrogen (secondary N) is 2. The van der Waals surface area contributed by atoms with Gasteiger partial charge in [0.1, 0.15) is 5.82 Å². The van der Waals surface area contributed by atoms with E-state index in [4.69, 9.17) is 0 Å². The molecule has 1 heterocycles. The number of anilines is 1. The van der Waals surface area contributed by atoms with E-state index in [0.29, 0.717) is 5.56 Å². The number of benzene rings is 1.